The number of allylic oxidation sites excluding steroid dienone is 1. The van der Waals surface area contributed by atoms with Crippen LogP contribution in [0.25, 0.3) is 0 Å². The lowest BCUT2D eigenvalue weighted by atomic mass is 9.81. The van der Waals surface area contributed by atoms with Crippen LogP contribution in [0.5, 0.6) is 0 Å². The van der Waals surface area contributed by atoms with Crippen LogP contribution in [-0.2, 0) is 15.1 Å². The van der Waals surface area contributed by atoms with Crippen LogP contribution < -0.4 is 5.32 Å². The Balaban J connectivity index is 1.28. The van der Waals surface area contributed by atoms with Crippen LogP contribution in [0.1, 0.15) is 64.1 Å². The second-order valence-electron chi connectivity index (χ2n) is 13.8. The Bertz CT molecular complexity index is 1720. The fourth-order valence-electron chi connectivity index (χ4n) is 7.36. The van der Waals surface area contributed by atoms with E-state index in [1.165, 1.54) is 12.1 Å². The molecule has 0 unspecified atom stereocenters. The minimum absolute atomic E-state index is 0.0360. The van der Waals surface area contributed by atoms with Crippen LogP contribution >= 0.6 is 35.0 Å². The number of aliphatic imine (C=N–C) groups is 1. The number of fused-ring (bicyclic) bond motifs is 1. The van der Waals surface area contributed by atoms with Gasteiger partial charge in [-0.15, -0.1) is 0 Å². The summed E-state index contributed by atoms with van der Waals surface area (Å²) in [5.74, 6) is -5.17. The first kappa shape index (κ1) is 32.7. The standard InChI is InChI=1S/C33H35Cl2F3N6O2S/c1-17(2)25-26(29(46)43-16-33(37,38)12-23(43)28(45)42-15-32(9-10-32)40-13-18(42)3)47-30-41-31(4,20-6-8-24(35)39-14-20)27(44(25)30)19-5-7-21(34)22(36)11-19/h5-8,11,14,17-18,23,27,40H,9-10,12-13,15-16H2,1-4H3/t18-,23+,27-,31+/m1/s1. The fraction of sp³-hybridized carbons (Fsp3) is 0.515. The van der Waals surface area contributed by atoms with Crippen molar-refractivity contribution in [2.45, 2.75) is 82.1 Å². The lowest BCUT2D eigenvalue weighted by molar-refractivity contribution is -0.144. The first-order valence-corrected chi connectivity index (χ1v) is 17.3. The average molecular weight is 708 g/mol. The Morgan fingerprint density at radius 1 is 1.11 bits per heavy atom. The normalized spacial score (nSPS) is 29.2. The summed E-state index contributed by atoms with van der Waals surface area (Å²) < 4.78 is 45.3. The van der Waals surface area contributed by atoms with Crippen molar-refractivity contribution >= 4 is 51.9 Å². The summed E-state index contributed by atoms with van der Waals surface area (Å²) in [5, 5.41) is 4.22. The molecular weight excluding hydrogens is 672 g/mol. The van der Waals surface area contributed by atoms with E-state index in [0.29, 0.717) is 40.2 Å². The maximum atomic E-state index is 15.1. The molecule has 2 aromatic rings. The number of likely N-dealkylation sites (tertiary alicyclic amines) is 1. The fourth-order valence-corrected chi connectivity index (χ4v) is 8.95. The van der Waals surface area contributed by atoms with Crippen LogP contribution in [-0.4, -0.2) is 79.8 Å². The van der Waals surface area contributed by atoms with E-state index in [9.17, 15) is 14.0 Å². The number of hydrogen-bond donors (Lipinski definition) is 1. The number of thioether (sulfide) groups is 1. The molecule has 250 valence electrons. The van der Waals surface area contributed by atoms with Crippen molar-refractivity contribution in [1.82, 2.24) is 25.0 Å². The Kier molecular flexibility index (Phi) is 7.93. The van der Waals surface area contributed by atoms with Gasteiger partial charge >= 0.3 is 0 Å². The molecule has 1 saturated carbocycles. The summed E-state index contributed by atoms with van der Waals surface area (Å²) in [6.45, 7) is 7.77. The smallest absolute Gasteiger partial charge is 0.267 e. The molecule has 2 saturated heterocycles. The third kappa shape index (κ3) is 5.53. The van der Waals surface area contributed by atoms with Gasteiger partial charge in [0.15, 0.2) is 5.17 Å². The van der Waals surface area contributed by atoms with Crippen LogP contribution in [0, 0.1) is 11.7 Å². The van der Waals surface area contributed by atoms with E-state index >= 15 is 8.78 Å². The zero-order valence-electron chi connectivity index (χ0n) is 26.4. The van der Waals surface area contributed by atoms with Gasteiger partial charge in [-0.1, -0.05) is 49.2 Å². The van der Waals surface area contributed by atoms with Crippen LogP contribution in [0.2, 0.25) is 10.2 Å². The minimum Gasteiger partial charge on any atom is -0.335 e. The number of amidine groups is 1. The number of nitrogens with one attached hydrogen (secondary N) is 1. The topological polar surface area (TPSA) is 81.1 Å². The molecule has 7 rings (SSSR count). The van der Waals surface area contributed by atoms with E-state index in [1.54, 1.807) is 23.2 Å². The van der Waals surface area contributed by atoms with Gasteiger partial charge in [0.25, 0.3) is 11.8 Å². The van der Waals surface area contributed by atoms with Gasteiger partial charge in [0, 0.05) is 48.5 Å². The van der Waals surface area contributed by atoms with Gasteiger partial charge < -0.3 is 20.0 Å². The Labute approximate surface area is 285 Å². The van der Waals surface area contributed by atoms with Crippen LogP contribution in [0.15, 0.2) is 52.1 Å². The molecule has 3 fully saturated rings. The monoisotopic (exact) mass is 706 g/mol. The molecule has 47 heavy (non-hydrogen) atoms. The van der Waals surface area contributed by atoms with Gasteiger partial charge in [-0.25, -0.2) is 23.1 Å². The first-order chi connectivity index (χ1) is 22.1. The highest BCUT2D eigenvalue weighted by molar-refractivity contribution is 8.18. The summed E-state index contributed by atoms with van der Waals surface area (Å²) >= 11 is 13.3. The highest BCUT2D eigenvalue weighted by Gasteiger charge is 2.58. The summed E-state index contributed by atoms with van der Waals surface area (Å²) in [4.78, 5) is 42.7. The second kappa shape index (κ2) is 11.4. The van der Waals surface area contributed by atoms with Crippen LogP contribution in [0.4, 0.5) is 13.2 Å². The van der Waals surface area contributed by atoms with Crippen molar-refractivity contribution in [3.63, 3.8) is 0 Å². The Morgan fingerprint density at radius 3 is 2.49 bits per heavy atom. The number of alkyl halides is 2. The molecule has 5 aliphatic rings. The molecule has 4 aliphatic heterocycles. The molecule has 14 heteroatoms. The molecule has 2 amide bonds. The molecule has 8 nitrogen and oxygen atoms in total. The van der Waals surface area contributed by atoms with E-state index in [0.717, 1.165) is 29.5 Å². The van der Waals surface area contributed by atoms with Crippen molar-refractivity contribution in [3.8, 4) is 0 Å². The molecule has 1 spiro atoms. The number of halogens is 5. The lowest BCUT2D eigenvalue weighted by Gasteiger charge is -2.41. The lowest BCUT2D eigenvalue weighted by Crippen LogP contribution is -2.61. The van der Waals surface area contributed by atoms with Crippen molar-refractivity contribution in [1.29, 1.82) is 0 Å². The molecule has 0 radical (unpaired) electrons. The van der Waals surface area contributed by atoms with Gasteiger partial charge in [0.05, 0.1) is 17.6 Å². The summed E-state index contributed by atoms with van der Waals surface area (Å²) in [5.41, 5.74) is 0.685. The summed E-state index contributed by atoms with van der Waals surface area (Å²) in [7, 11) is 0. The molecule has 0 bridgehead atoms. The van der Waals surface area contributed by atoms with Gasteiger partial charge in [-0.3, -0.25) is 9.59 Å². The number of carbonyl (C=O) groups excluding carboxylic acids is 2. The largest absolute Gasteiger partial charge is 0.335 e. The zero-order valence-corrected chi connectivity index (χ0v) is 28.7. The maximum absolute atomic E-state index is 15.1. The van der Waals surface area contributed by atoms with Gasteiger partial charge in [0.2, 0.25) is 5.91 Å². The number of aromatic nitrogens is 1. The van der Waals surface area contributed by atoms with Crippen molar-refractivity contribution in [2.75, 3.05) is 19.6 Å². The third-order valence-corrected chi connectivity index (χ3v) is 11.6. The van der Waals surface area contributed by atoms with Crippen molar-refractivity contribution in [3.05, 3.63) is 74.3 Å². The van der Waals surface area contributed by atoms with E-state index in [4.69, 9.17) is 28.2 Å². The highest BCUT2D eigenvalue weighted by Crippen LogP contribution is 2.56. The maximum Gasteiger partial charge on any atom is 0.267 e. The molecule has 1 aromatic heterocycles. The SMILES string of the molecule is CC(C)C1=C(C(=O)N2CC(F)(F)C[C@H]2C(=O)N2CC3(CC3)NC[C@H]2C)SC2=N[C@@](C)(c3ccc(Cl)nc3)[C@@H](c3ccc(Cl)c(F)c3)N21. The molecule has 5 heterocycles. The van der Waals surface area contributed by atoms with Gasteiger partial charge in [0.1, 0.15) is 27.5 Å². The van der Waals surface area contributed by atoms with E-state index in [1.807, 2.05) is 38.7 Å². The number of piperazine rings is 1. The molecule has 1 N–H and O–H groups in total. The number of amides is 2. The Morgan fingerprint density at radius 2 is 1.85 bits per heavy atom. The molecule has 1 aromatic carbocycles. The number of pyridine rings is 1. The predicted octanol–water partition coefficient (Wildman–Crippen LogP) is 6.36. The number of rotatable bonds is 5. The van der Waals surface area contributed by atoms with Gasteiger partial charge in [-0.2, -0.15) is 0 Å². The van der Waals surface area contributed by atoms with Gasteiger partial charge in [-0.05, 0) is 68.1 Å². The average Bonchev–Trinajstić information content (AvgIpc) is 3.40. The Hall–Kier alpha value is -2.80. The second-order valence-corrected chi connectivity index (χ2v) is 15.6. The van der Waals surface area contributed by atoms with Crippen LogP contribution in [0.3, 0.4) is 0 Å². The van der Waals surface area contributed by atoms with Crippen molar-refractivity contribution < 1.29 is 22.8 Å². The highest BCUT2D eigenvalue weighted by atomic mass is 35.5. The summed E-state index contributed by atoms with van der Waals surface area (Å²) in [6, 6.07) is 5.89. The van der Waals surface area contributed by atoms with E-state index in [-0.39, 0.29) is 27.4 Å². The van der Waals surface area contributed by atoms with E-state index < -0.39 is 54.1 Å². The molecule has 4 atom stereocenters. The number of benzene rings is 1. The molecular formula is C33H35Cl2F3N6O2S. The zero-order chi connectivity index (χ0) is 33.6. The number of hydrogen-bond acceptors (Lipinski definition) is 7. The first-order valence-electron chi connectivity index (χ1n) is 15.8. The molecule has 1 aliphatic carbocycles. The number of carbonyl (C=O) groups is 2. The van der Waals surface area contributed by atoms with E-state index in [2.05, 4.69) is 10.3 Å². The van der Waals surface area contributed by atoms with Crippen molar-refractivity contribution in [2.24, 2.45) is 10.9 Å². The summed E-state index contributed by atoms with van der Waals surface area (Å²) in [6.07, 6.45) is 2.75. The third-order valence-electron chi connectivity index (χ3n) is 10.1. The predicted molar refractivity (Wildman–Crippen MR) is 176 cm³/mol. The number of nitrogens with zero attached hydrogens (tertiary/aromatic N) is 5. The minimum atomic E-state index is -3.22. The quantitative estimate of drug-likeness (QED) is 0.365.